The van der Waals surface area contributed by atoms with Gasteiger partial charge in [-0.2, -0.15) is 4.98 Å². The number of aromatic nitrogens is 4. The van der Waals surface area contributed by atoms with Crippen LogP contribution in [0.2, 0.25) is 0 Å². The van der Waals surface area contributed by atoms with Gasteiger partial charge in [-0.05, 0) is 24.2 Å². The van der Waals surface area contributed by atoms with Crippen LogP contribution >= 0.6 is 11.8 Å². The molecule has 2 aromatic heterocycles. The predicted molar refractivity (Wildman–Crippen MR) is 64.0 cm³/mol. The maximum Gasteiger partial charge on any atom is 0.320 e. The lowest BCUT2D eigenvalue weighted by atomic mass is 10.4. The normalized spacial score (nSPS) is 10.3. The summed E-state index contributed by atoms with van der Waals surface area (Å²) in [5.41, 5.74) is 6.08. The van der Waals surface area contributed by atoms with E-state index >= 15 is 0 Å². The summed E-state index contributed by atoms with van der Waals surface area (Å²) in [7, 11) is 0. The van der Waals surface area contributed by atoms with Gasteiger partial charge in [0.15, 0.2) is 10.2 Å². The minimum absolute atomic E-state index is 0.0322. The molecule has 92 valence electrons. The molecule has 2 N–H and O–H groups in total. The summed E-state index contributed by atoms with van der Waals surface area (Å²) in [6.45, 7) is 1.85. The molecule has 0 bridgehead atoms. The largest absolute Gasteiger partial charge is 0.368 e. The summed E-state index contributed by atoms with van der Waals surface area (Å²) >= 11 is 0.970. The van der Waals surface area contributed by atoms with Crippen LogP contribution < -0.4 is 5.73 Å². The zero-order valence-electron chi connectivity index (χ0n) is 9.27. The first-order valence-corrected chi connectivity index (χ1v) is 5.61. The average Bonchev–Trinajstić information content (AvgIpc) is 2.32. The van der Waals surface area contributed by atoms with Gasteiger partial charge in [-0.25, -0.2) is 15.0 Å². The second kappa shape index (κ2) is 4.92. The maximum absolute atomic E-state index is 10.8. The zero-order chi connectivity index (χ0) is 13.1. The van der Waals surface area contributed by atoms with Crippen molar-refractivity contribution in [3.63, 3.8) is 0 Å². The Morgan fingerprint density at radius 1 is 1.28 bits per heavy atom. The third-order valence-corrected chi connectivity index (χ3v) is 2.78. The molecule has 0 aromatic carbocycles. The van der Waals surface area contributed by atoms with Crippen LogP contribution in [0.25, 0.3) is 0 Å². The number of nitrogen functional groups attached to an aromatic ring is 1. The third kappa shape index (κ3) is 2.69. The summed E-state index contributed by atoms with van der Waals surface area (Å²) in [4.78, 5) is 25.7. The Labute approximate surface area is 106 Å². The monoisotopic (exact) mass is 264 g/mol. The smallest absolute Gasteiger partial charge is 0.320 e. The van der Waals surface area contributed by atoms with E-state index in [1.54, 1.807) is 12.4 Å². The highest BCUT2D eigenvalue weighted by molar-refractivity contribution is 7.99. The molecule has 0 unspecified atom stereocenters. The van der Waals surface area contributed by atoms with Crippen LogP contribution in [0, 0.1) is 17.0 Å². The van der Waals surface area contributed by atoms with Crippen LogP contribution in [0.4, 0.5) is 11.6 Å². The predicted octanol–water partition coefficient (Wildman–Crippen LogP) is 1.22. The van der Waals surface area contributed by atoms with E-state index in [1.165, 1.54) is 0 Å². The molecule has 0 aliphatic heterocycles. The first-order chi connectivity index (χ1) is 8.56. The molecule has 0 atom stereocenters. The van der Waals surface area contributed by atoms with E-state index in [9.17, 15) is 10.1 Å². The van der Waals surface area contributed by atoms with Gasteiger partial charge in [0.25, 0.3) is 0 Å². The van der Waals surface area contributed by atoms with Crippen molar-refractivity contribution in [3.8, 4) is 0 Å². The summed E-state index contributed by atoms with van der Waals surface area (Å²) in [6, 6.07) is 0. The molecule has 0 aliphatic carbocycles. The number of hydrogen-bond acceptors (Lipinski definition) is 8. The fourth-order valence-electron chi connectivity index (χ4n) is 1.09. The number of nitrogens with two attached hydrogens (primary N) is 1. The van der Waals surface area contributed by atoms with E-state index < -0.39 is 4.92 Å². The minimum Gasteiger partial charge on any atom is -0.368 e. The molecule has 0 radical (unpaired) electrons. The van der Waals surface area contributed by atoms with Crippen LogP contribution in [0.1, 0.15) is 5.56 Å². The quantitative estimate of drug-likeness (QED) is 0.380. The number of hydrogen-bond donors (Lipinski definition) is 1. The van der Waals surface area contributed by atoms with Crippen LogP contribution in [0.5, 0.6) is 0 Å². The van der Waals surface area contributed by atoms with Gasteiger partial charge >= 0.3 is 5.69 Å². The van der Waals surface area contributed by atoms with Crippen LogP contribution in [0.15, 0.2) is 28.8 Å². The fraction of sp³-hybridized carbons (Fsp3) is 0.111. The molecule has 0 aliphatic rings. The highest BCUT2D eigenvalue weighted by Crippen LogP contribution is 2.30. The van der Waals surface area contributed by atoms with Crippen LogP contribution in [0.3, 0.4) is 0 Å². The zero-order valence-corrected chi connectivity index (χ0v) is 10.1. The average molecular weight is 264 g/mol. The van der Waals surface area contributed by atoms with Crippen molar-refractivity contribution < 1.29 is 4.92 Å². The molecule has 0 amide bonds. The second-order valence-electron chi connectivity index (χ2n) is 3.32. The first-order valence-electron chi connectivity index (χ1n) is 4.79. The Morgan fingerprint density at radius 3 is 2.56 bits per heavy atom. The minimum atomic E-state index is -0.573. The second-order valence-corrected chi connectivity index (χ2v) is 4.28. The van der Waals surface area contributed by atoms with Gasteiger partial charge in [-0.1, -0.05) is 0 Å². The van der Waals surface area contributed by atoms with Crippen molar-refractivity contribution in [1.29, 1.82) is 0 Å². The van der Waals surface area contributed by atoms with Gasteiger partial charge < -0.3 is 5.73 Å². The lowest BCUT2D eigenvalue weighted by molar-refractivity contribution is -0.388. The van der Waals surface area contributed by atoms with E-state index in [0.29, 0.717) is 5.16 Å². The van der Waals surface area contributed by atoms with Crippen molar-refractivity contribution in [2.24, 2.45) is 0 Å². The van der Waals surface area contributed by atoms with E-state index in [0.717, 1.165) is 23.5 Å². The van der Waals surface area contributed by atoms with Gasteiger partial charge in [0.1, 0.15) is 6.20 Å². The van der Waals surface area contributed by atoms with Crippen molar-refractivity contribution in [1.82, 2.24) is 19.9 Å². The number of aryl methyl sites for hydroxylation is 1. The fourth-order valence-corrected chi connectivity index (χ4v) is 1.85. The molecular weight excluding hydrogens is 256 g/mol. The molecule has 2 aromatic rings. The molecule has 2 rings (SSSR count). The summed E-state index contributed by atoms with van der Waals surface area (Å²) in [6.07, 6.45) is 4.30. The molecular formula is C9H8N6O2S. The molecule has 0 saturated carbocycles. The molecule has 8 nitrogen and oxygen atoms in total. The summed E-state index contributed by atoms with van der Waals surface area (Å²) in [5, 5.41) is 11.3. The summed E-state index contributed by atoms with van der Waals surface area (Å²) < 4.78 is 0. The van der Waals surface area contributed by atoms with Crippen molar-refractivity contribution in [2.45, 2.75) is 17.1 Å². The number of anilines is 1. The Balaban J connectivity index is 2.35. The Hall–Kier alpha value is -2.29. The maximum atomic E-state index is 10.8. The van der Waals surface area contributed by atoms with Crippen LogP contribution in [-0.2, 0) is 0 Å². The van der Waals surface area contributed by atoms with E-state index in [-0.39, 0.29) is 16.7 Å². The van der Waals surface area contributed by atoms with Gasteiger partial charge in [0.2, 0.25) is 5.95 Å². The topological polar surface area (TPSA) is 121 Å². The SMILES string of the molecule is Cc1cnc(Sc2nc(N)ncc2[N+](=O)[O-])nc1. The number of rotatable bonds is 3. The highest BCUT2D eigenvalue weighted by Gasteiger charge is 2.18. The summed E-state index contributed by atoms with van der Waals surface area (Å²) in [5.74, 6) is -0.0322. The van der Waals surface area contributed by atoms with Crippen molar-refractivity contribution in [3.05, 3.63) is 34.3 Å². The Kier molecular flexibility index (Phi) is 3.33. The lowest BCUT2D eigenvalue weighted by Gasteiger charge is -2.01. The van der Waals surface area contributed by atoms with E-state index in [4.69, 9.17) is 5.73 Å². The van der Waals surface area contributed by atoms with Gasteiger partial charge in [-0.15, -0.1) is 0 Å². The van der Waals surface area contributed by atoms with E-state index in [2.05, 4.69) is 19.9 Å². The number of nitrogens with zero attached hydrogens (tertiary/aromatic N) is 5. The molecule has 2 heterocycles. The molecule has 9 heteroatoms. The first kappa shape index (κ1) is 12.2. The number of nitro groups is 1. The highest BCUT2D eigenvalue weighted by atomic mass is 32.2. The van der Waals surface area contributed by atoms with Gasteiger partial charge in [-0.3, -0.25) is 10.1 Å². The molecule has 0 spiro atoms. The van der Waals surface area contributed by atoms with Crippen molar-refractivity contribution in [2.75, 3.05) is 5.73 Å². The Bertz CT molecular complexity index is 588. The Morgan fingerprint density at radius 2 is 1.94 bits per heavy atom. The van der Waals surface area contributed by atoms with Crippen LogP contribution in [-0.4, -0.2) is 24.9 Å². The molecule has 0 saturated heterocycles. The third-order valence-electron chi connectivity index (χ3n) is 1.90. The standard InChI is InChI=1S/C9H8N6O2S/c1-5-2-12-9(13-3-5)18-7-6(15(16)17)4-11-8(10)14-7/h2-4H,1H3,(H2,10,11,14). The molecule has 0 fully saturated rings. The van der Waals surface area contributed by atoms with E-state index in [1.807, 2.05) is 6.92 Å². The van der Waals surface area contributed by atoms with Gasteiger partial charge in [0, 0.05) is 12.4 Å². The lowest BCUT2D eigenvalue weighted by Crippen LogP contribution is -2.00. The van der Waals surface area contributed by atoms with Gasteiger partial charge in [0.05, 0.1) is 4.92 Å². The molecule has 18 heavy (non-hydrogen) atoms. The van der Waals surface area contributed by atoms with Crippen molar-refractivity contribution >= 4 is 23.4 Å².